The predicted molar refractivity (Wildman–Crippen MR) is 69.5 cm³/mol. The van der Waals surface area contributed by atoms with Crippen LogP contribution in [-0.2, 0) is 4.79 Å². The normalized spacial score (nSPS) is 12.2. The molecule has 0 radical (unpaired) electrons. The maximum atomic E-state index is 11.7. The first kappa shape index (κ1) is 14.2. The Balaban J connectivity index is 2.70. The van der Waals surface area contributed by atoms with Crippen LogP contribution in [0.15, 0.2) is 24.3 Å². The van der Waals surface area contributed by atoms with Crippen LogP contribution in [0.3, 0.4) is 0 Å². The number of carboxylic acids is 1. The minimum absolute atomic E-state index is 0.130. The zero-order valence-corrected chi connectivity index (χ0v) is 10.5. The van der Waals surface area contributed by atoms with Crippen molar-refractivity contribution in [1.29, 1.82) is 0 Å². The molecule has 0 aliphatic heterocycles. The van der Waals surface area contributed by atoms with Crippen molar-refractivity contribution in [2.24, 2.45) is 11.7 Å². The molecule has 18 heavy (non-hydrogen) atoms. The van der Waals surface area contributed by atoms with Crippen molar-refractivity contribution in [2.75, 3.05) is 5.32 Å². The monoisotopic (exact) mass is 250 g/mol. The van der Waals surface area contributed by atoms with Crippen LogP contribution in [0.4, 0.5) is 5.69 Å². The Hall–Kier alpha value is -1.88. The number of amides is 1. The number of carboxylic acid groups (broad SMARTS) is 1. The summed E-state index contributed by atoms with van der Waals surface area (Å²) in [6.45, 7) is 3.97. The van der Waals surface area contributed by atoms with E-state index in [1.807, 2.05) is 13.8 Å². The number of nitrogens with two attached hydrogens (primary N) is 1. The second-order valence-corrected chi connectivity index (χ2v) is 4.61. The van der Waals surface area contributed by atoms with Crippen LogP contribution in [0.2, 0.25) is 0 Å². The van der Waals surface area contributed by atoms with E-state index in [4.69, 9.17) is 10.8 Å². The van der Waals surface area contributed by atoms with Crippen LogP contribution in [-0.4, -0.2) is 23.0 Å². The molecule has 0 spiro atoms. The van der Waals surface area contributed by atoms with Gasteiger partial charge in [-0.2, -0.15) is 0 Å². The molecule has 1 aromatic rings. The first-order valence-electron chi connectivity index (χ1n) is 5.80. The SMILES string of the molecule is CC(C)CC(N)C(=O)Nc1cccc(C(=O)O)c1. The zero-order valence-electron chi connectivity index (χ0n) is 10.5. The molecule has 0 aliphatic carbocycles. The summed E-state index contributed by atoms with van der Waals surface area (Å²) in [5, 5.41) is 11.4. The summed E-state index contributed by atoms with van der Waals surface area (Å²) in [6.07, 6.45) is 0.588. The Morgan fingerprint density at radius 1 is 1.39 bits per heavy atom. The van der Waals surface area contributed by atoms with Crippen molar-refractivity contribution in [1.82, 2.24) is 0 Å². The topological polar surface area (TPSA) is 92.4 Å². The van der Waals surface area contributed by atoms with Gasteiger partial charge in [0, 0.05) is 5.69 Å². The summed E-state index contributed by atoms with van der Waals surface area (Å²) >= 11 is 0. The maximum absolute atomic E-state index is 11.7. The molecular formula is C13H18N2O3. The molecule has 5 nitrogen and oxygen atoms in total. The van der Waals surface area contributed by atoms with E-state index < -0.39 is 12.0 Å². The fourth-order valence-corrected chi connectivity index (χ4v) is 1.58. The van der Waals surface area contributed by atoms with Crippen molar-refractivity contribution in [3.05, 3.63) is 29.8 Å². The summed E-state index contributed by atoms with van der Waals surface area (Å²) in [4.78, 5) is 22.5. The molecule has 0 aliphatic rings. The van der Waals surface area contributed by atoms with Gasteiger partial charge in [0.2, 0.25) is 5.91 Å². The third-order valence-electron chi connectivity index (χ3n) is 2.44. The van der Waals surface area contributed by atoms with Gasteiger partial charge in [-0.25, -0.2) is 4.79 Å². The molecule has 5 heteroatoms. The van der Waals surface area contributed by atoms with Crippen LogP contribution < -0.4 is 11.1 Å². The van der Waals surface area contributed by atoms with Gasteiger partial charge < -0.3 is 16.2 Å². The van der Waals surface area contributed by atoms with E-state index in [1.165, 1.54) is 12.1 Å². The van der Waals surface area contributed by atoms with E-state index in [0.29, 0.717) is 18.0 Å². The minimum Gasteiger partial charge on any atom is -0.478 e. The molecule has 1 unspecified atom stereocenters. The molecule has 0 heterocycles. The van der Waals surface area contributed by atoms with Crippen molar-refractivity contribution >= 4 is 17.6 Å². The number of aromatic carboxylic acids is 1. The quantitative estimate of drug-likeness (QED) is 0.741. The lowest BCUT2D eigenvalue weighted by molar-refractivity contribution is -0.117. The smallest absolute Gasteiger partial charge is 0.335 e. The van der Waals surface area contributed by atoms with Crippen molar-refractivity contribution in [3.63, 3.8) is 0 Å². The minimum atomic E-state index is -1.03. The summed E-state index contributed by atoms with van der Waals surface area (Å²) < 4.78 is 0. The molecule has 0 aromatic heterocycles. The first-order valence-corrected chi connectivity index (χ1v) is 5.80. The van der Waals surface area contributed by atoms with E-state index in [9.17, 15) is 9.59 Å². The fraction of sp³-hybridized carbons (Fsp3) is 0.385. The van der Waals surface area contributed by atoms with E-state index in [0.717, 1.165) is 0 Å². The molecule has 98 valence electrons. The standard InChI is InChI=1S/C13H18N2O3/c1-8(2)6-11(14)12(16)15-10-5-3-4-9(7-10)13(17)18/h3-5,7-8,11H,6,14H2,1-2H3,(H,15,16)(H,17,18). The Morgan fingerprint density at radius 3 is 2.61 bits per heavy atom. The third-order valence-corrected chi connectivity index (χ3v) is 2.44. The number of benzene rings is 1. The van der Waals surface area contributed by atoms with E-state index in [2.05, 4.69) is 5.32 Å². The van der Waals surface area contributed by atoms with Gasteiger partial charge in [0.25, 0.3) is 0 Å². The highest BCUT2D eigenvalue weighted by molar-refractivity contribution is 5.96. The molecule has 0 saturated heterocycles. The molecule has 1 aromatic carbocycles. The van der Waals surface area contributed by atoms with E-state index >= 15 is 0 Å². The molecule has 0 fully saturated rings. The zero-order chi connectivity index (χ0) is 13.7. The third kappa shape index (κ3) is 4.18. The largest absolute Gasteiger partial charge is 0.478 e. The van der Waals surface area contributed by atoms with Gasteiger partial charge in [-0.05, 0) is 30.5 Å². The Kier molecular flexibility index (Phi) is 4.85. The van der Waals surface area contributed by atoms with E-state index in [-0.39, 0.29) is 11.5 Å². The highest BCUT2D eigenvalue weighted by Gasteiger charge is 2.15. The fourth-order valence-electron chi connectivity index (χ4n) is 1.58. The van der Waals surface area contributed by atoms with Crippen LogP contribution >= 0.6 is 0 Å². The number of nitrogens with one attached hydrogen (secondary N) is 1. The van der Waals surface area contributed by atoms with Gasteiger partial charge in [-0.15, -0.1) is 0 Å². The van der Waals surface area contributed by atoms with Gasteiger partial charge in [0.15, 0.2) is 0 Å². The van der Waals surface area contributed by atoms with Gasteiger partial charge in [0.05, 0.1) is 11.6 Å². The summed E-state index contributed by atoms with van der Waals surface area (Å²) in [5.41, 5.74) is 6.31. The summed E-state index contributed by atoms with van der Waals surface area (Å²) in [5.74, 6) is -1.00. The average Bonchev–Trinajstić information content (AvgIpc) is 2.28. The molecule has 1 atom stereocenters. The highest BCUT2D eigenvalue weighted by Crippen LogP contribution is 2.12. The molecule has 0 saturated carbocycles. The van der Waals surface area contributed by atoms with Crippen LogP contribution in [0.5, 0.6) is 0 Å². The summed E-state index contributed by atoms with van der Waals surface area (Å²) in [7, 11) is 0. The van der Waals surface area contributed by atoms with E-state index in [1.54, 1.807) is 12.1 Å². The van der Waals surface area contributed by atoms with Crippen molar-refractivity contribution in [2.45, 2.75) is 26.3 Å². The molecule has 1 rings (SSSR count). The lowest BCUT2D eigenvalue weighted by Gasteiger charge is -2.14. The number of rotatable bonds is 5. The number of carbonyl (C=O) groups excluding carboxylic acids is 1. The lowest BCUT2D eigenvalue weighted by atomic mass is 10.0. The van der Waals surface area contributed by atoms with Crippen LogP contribution in [0.1, 0.15) is 30.6 Å². The van der Waals surface area contributed by atoms with Crippen molar-refractivity contribution in [3.8, 4) is 0 Å². The van der Waals surface area contributed by atoms with Crippen LogP contribution in [0.25, 0.3) is 0 Å². The Morgan fingerprint density at radius 2 is 2.06 bits per heavy atom. The van der Waals surface area contributed by atoms with Gasteiger partial charge in [-0.3, -0.25) is 4.79 Å². The van der Waals surface area contributed by atoms with Crippen LogP contribution in [0, 0.1) is 5.92 Å². The highest BCUT2D eigenvalue weighted by atomic mass is 16.4. The molecule has 4 N–H and O–H groups in total. The lowest BCUT2D eigenvalue weighted by Crippen LogP contribution is -2.36. The Bertz CT molecular complexity index is 444. The molecule has 1 amide bonds. The number of hydrogen-bond acceptors (Lipinski definition) is 3. The number of carbonyl (C=O) groups is 2. The second kappa shape index (κ2) is 6.16. The first-order chi connectivity index (χ1) is 8.40. The van der Waals surface area contributed by atoms with Crippen molar-refractivity contribution < 1.29 is 14.7 Å². The van der Waals surface area contributed by atoms with Gasteiger partial charge in [0.1, 0.15) is 0 Å². The Labute approximate surface area is 106 Å². The predicted octanol–water partition coefficient (Wildman–Crippen LogP) is 1.70. The summed E-state index contributed by atoms with van der Waals surface area (Å²) in [6, 6.07) is 5.49. The van der Waals surface area contributed by atoms with Gasteiger partial charge >= 0.3 is 5.97 Å². The van der Waals surface area contributed by atoms with Gasteiger partial charge in [-0.1, -0.05) is 19.9 Å². The molecular weight excluding hydrogens is 232 g/mol. The maximum Gasteiger partial charge on any atom is 0.335 e. The second-order valence-electron chi connectivity index (χ2n) is 4.61. The number of hydrogen-bond donors (Lipinski definition) is 3. The molecule has 0 bridgehead atoms. The number of anilines is 1. The average molecular weight is 250 g/mol.